The van der Waals surface area contributed by atoms with Crippen LogP contribution in [0.5, 0.6) is 0 Å². The molecule has 6 nitrogen and oxygen atoms in total. The molecule has 0 radical (unpaired) electrons. The zero-order chi connectivity index (χ0) is 14.7. The van der Waals surface area contributed by atoms with Crippen LogP contribution in [0.2, 0.25) is 0 Å². The number of nitrogens with zero attached hydrogens (tertiary/aromatic N) is 1. The minimum atomic E-state index is -0.524. The van der Waals surface area contributed by atoms with Crippen LogP contribution >= 0.6 is 0 Å². The highest BCUT2D eigenvalue weighted by Gasteiger charge is 2.36. The highest BCUT2D eigenvalue weighted by Crippen LogP contribution is 2.21. The molecule has 0 bridgehead atoms. The Morgan fingerprint density at radius 3 is 2.60 bits per heavy atom. The predicted molar refractivity (Wildman–Crippen MR) is 71.8 cm³/mol. The van der Waals surface area contributed by atoms with Crippen LogP contribution in [0.15, 0.2) is 24.3 Å². The lowest BCUT2D eigenvalue weighted by Gasteiger charge is -2.22. The van der Waals surface area contributed by atoms with Crippen molar-refractivity contribution in [3.63, 3.8) is 0 Å². The minimum absolute atomic E-state index is 0.338. The fourth-order valence-electron chi connectivity index (χ4n) is 2.44. The van der Waals surface area contributed by atoms with E-state index in [9.17, 15) is 14.7 Å². The molecule has 0 aliphatic carbocycles. The van der Waals surface area contributed by atoms with Gasteiger partial charge in [0.15, 0.2) is 0 Å². The van der Waals surface area contributed by atoms with Gasteiger partial charge in [0.05, 0.1) is 13.2 Å². The van der Waals surface area contributed by atoms with E-state index in [1.807, 2.05) is 4.90 Å². The SMILES string of the molecule is COC(=O)C1CC(O)CN1Cc1ccc(C(N)=O)cc1. The van der Waals surface area contributed by atoms with Crippen LogP contribution < -0.4 is 5.73 Å². The second kappa shape index (κ2) is 6.02. The molecule has 2 rings (SSSR count). The van der Waals surface area contributed by atoms with Crippen molar-refractivity contribution >= 4 is 11.9 Å². The van der Waals surface area contributed by atoms with Crippen molar-refractivity contribution in [2.75, 3.05) is 13.7 Å². The van der Waals surface area contributed by atoms with Crippen molar-refractivity contribution in [3.8, 4) is 0 Å². The second-order valence-electron chi connectivity index (χ2n) is 4.92. The Hall–Kier alpha value is -1.92. The summed E-state index contributed by atoms with van der Waals surface area (Å²) in [6.45, 7) is 0.938. The fraction of sp³-hybridized carbons (Fsp3) is 0.429. The zero-order valence-corrected chi connectivity index (χ0v) is 11.3. The van der Waals surface area contributed by atoms with Gasteiger partial charge in [-0.1, -0.05) is 12.1 Å². The lowest BCUT2D eigenvalue weighted by Crippen LogP contribution is -2.36. The van der Waals surface area contributed by atoms with Crippen LogP contribution in [0.4, 0.5) is 0 Å². The van der Waals surface area contributed by atoms with Crippen molar-refractivity contribution in [1.82, 2.24) is 4.90 Å². The van der Waals surface area contributed by atoms with Gasteiger partial charge in [-0.3, -0.25) is 14.5 Å². The number of β-amino-alcohol motifs (C(OH)–C–C–N with tert-alkyl or cyclic N) is 1. The first-order valence-electron chi connectivity index (χ1n) is 6.40. The summed E-state index contributed by atoms with van der Waals surface area (Å²) in [5.41, 5.74) is 6.57. The molecule has 0 saturated carbocycles. The molecular formula is C14H18N2O4. The van der Waals surface area contributed by atoms with Crippen molar-refractivity contribution < 1.29 is 19.4 Å². The van der Waals surface area contributed by atoms with Crippen LogP contribution in [-0.2, 0) is 16.1 Å². The molecule has 1 aliphatic rings. The molecular weight excluding hydrogens is 260 g/mol. The number of carbonyl (C=O) groups excluding carboxylic acids is 2. The summed E-state index contributed by atoms with van der Waals surface area (Å²) >= 11 is 0. The van der Waals surface area contributed by atoms with Gasteiger partial charge in [0.2, 0.25) is 5.91 Å². The topological polar surface area (TPSA) is 92.9 Å². The molecule has 6 heteroatoms. The normalized spacial score (nSPS) is 22.7. The number of aliphatic hydroxyl groups excluding tert-OH is 1. The number of ether oxygens (including phenoxy) is 1. The molecule has 1 saturated heterocycles. The molecule has 1 aliphatic heterocycles. The molecule has 3 N–H and O–H groups in total. The molecule has 108 valence electrons. The lowest BCUT2D eigenvalue weighted by molar-refractivity contribution is -0.146. The first kappa shape index (κ1) is 14.5. The van der Waals surface area contributed by atoms with Gasteiger partial charge in [-0.25, -0.2) is 0 Å². The van der Waals surface area contributed by atoms with Gasteiger partial charge >= 0.3 is 5.97 Å². The second-order valence-corrected chi connectivity index (χ2v) is 4.92. The van der Waals surface area contributed by atoms with Gasteiger partial charge < -0.3 is 15.6 Å². The molecule has 0 aromatic heterocycles. The van der Waals surface area contributed by atoms with Gasteiger partial charge in [-0.2, -0.15) is 0 Å². The third-order valence-electron chi connectivity index (χ3n) is 3.48. The maximum Gasteiger partial charge on any atom is 0.323 e. The van der Waals surface area contributed by atoms with Crippen molar-refractivity contribution in [1.29, 1.82) is 0 Å². The molecule has 20 heavy (non-hydrogen) atoms. The Bertz CT molecular complexity index is 500. The van der Waals surface area contributed by atoms with Crippen molar-refractivity contribution in [2.24, 2.45) is 5.73 Å². The van der Waals surface area contributed by atoms with Gasteiger partial charge in [0.25, 0.3) is 0 Å². The van der Waals surface area contributed by atoms with Crippen molar-refractivity contribution in [3.05, 3.63) is 35.4 Å². The number of aliphatic hydroxyl groups is 1. The van der Waals surface area contributed by atoms with Crippen LogP contribution in [0.1, 0.15) is 22.3 Å². The zero-order valence-electron chi connectivity index (χ0n) is 11.3. The molecule has 2 atom stereocenters. The maximum absolute atomic E-state index is 11.7. The van der Waals surface area contributed by atoms with E-state index in [-0.39, 0.29) is 5.97 Å². The molecule has 1 fully saturated rings. The van der Waals surface area contributed by atoms with E-state index in [0.717, 1.165) is 5.56 Å². The van der Waals surface area contributed by atoms with Gasteiger partial charge in [0, 0.05) is 25.1 Å². The summed E-state index contributed by atoms with van der Waals surface area (Å²) in [5, 5.41) is 9.70. The summed E-state index contributed by atoms with van der Waals surface area (Å²) in [6, 6.07) is 6.46. The highest BCUT2D eigenvalue weighted by atomic mass is 16.5. The first-order valence-corrected chi connectivity index (χ1v) is 6.40. The first-order chi connectivity index (χ1) is 9.51. The lowest BCUT2D eigenvalue weighted by atomic mass is 10.1. The third-order valence-corrected chi connectivity index (χ3v) is 3.48. The molecule has 0 spiro atoms. The quantitative estimate of drug-likeness (QED) is 0.750. The Morgan fingerprint density at radius 2 is 2.05 bits per heavy atom. The van der Waals surface area contributed by atoms with Gasteiger partial charge in [-0.15, -0.1) is 0 Å². The summed E-state index contributed by atoms with van der Waals surface area (Å²) in [5.74, 6) is -0.809. The van der Waals surface area contributed by atoms with Crippen molar-refractivity contribution in [2.45, 2.75) is 25.1 Å². The average molecular weight is 278 g/mol. The fourth-order valence-corrected chi connectivity index (χ4v) is 2.44. The Balaban J connectivity index is 2.07. The summed E-state index contributed by atoms with van der Waals surface area (Å²) in [7, 11) is 1.34. The van der Waals surface area contributed by atoms with E-state index in [0.29, 0.717) is 25.1 Å². The minimum Gasteiger partial charge on any atom is -0.468 e. The number of amides is 1. The number of hydrogen-bond donors (Lipinski definition) is 2. The molecule has 1 amide bonds. The predicted octanol–water partition coefficient (Wildman–Crippen LogP) is -0.106. The molecule has 2 unspecified atom stereocenters. The number of esters is 1. The van der Waals surface area contributed by atoms with Crippen LogP contribution in [0.3, 0.4) is 0 Å². The largest absolute Gasteiger partial charge is 0.468 e. The number of hydrogen-bond acceptors (Lipinski definition) is 5. The monoisotopic (exact) mass is 278 g/mol. The Labute approximate surface area is 117 Å². The number of rotatable bonds is 4. The third kappa shape index (κ3) is 3.15. The number of benzene rings is 1. The number of methoxy groups -OCH3 is 1. The van der Waals surface area contributed by atoms with E-state index < -0.39 is 18.1 Å². The van der Waals surface area contributed by atoms with E-state index in [1.165, 1.54) is 7.11 Å². The van der Waals surface area contributed by atoms with Crippen LogP contribution in [0, 0.1) is 0 Å². The maximum atomic E-state index is 11.7. The smallest absolute Gasteiger partial charge is 0.323 e. The van der Waals surface area contributed by atoms with Crippen LogP contribution in [-0.4, -0.2) is 47.7 Å². The summed E-state index contributed by atoms with van der Waals surface area (Å²) in [6.07, 6.45) is -0.143. The van der Waals surface area contributed by atoms with E-state index >= 15 is 0 Å². The number of primary amides is 1. The van der Waals surface area contributed by atoms with E-state index in [2.05, 4.69) is 0 Å². The molecule has 1 aromatic carbocycles. The number of nitrogens with two attached hydrogens (primary N) is 1. The molecule has 1 heterocycles. The van der Waals surface area contributed by atoms with E-state index in [1.54, 1.807) is 24.3 Å². The van der Waals surface area contributed by atoms with Crippen LogP contribution in [0.25, 0.3) is 0 Å². The summed E-state index contributed by atoms with van der Waals surface area (Å²) < 4.78 is 4.75. The number of likely N-dealkylation sites (tertiary alicyclic amines) is 1. The Morgan fingerprint density at radius 1 is 1.40 bits per heavy atom. The van der Waals surface area contributed by atoms with E-state index in [4.69, 9.17) is 10.5 Å². The average Bonchev–Trinajstić information content (AvgIpc) is 2.79. The highest BCUT2D eigenvalue weighted by molar-refractivity contribution is 5.92. The van der Waals surface area contributed by atoms with Gasteiger partial charge in [0.1, 0.15) is 6.04 Å². The Kier molecular flexibility index (Phi) is 4.36. The number of carbonyl (C=O) groups is 2. The summed E-state index contributed by atoms with van der Waals surface area (Å²) in [4.78, 5) is 24.5. The van der Waals surface area contributed by atoms with Gasteiger partial charge in [-0.05, 0) is 17.7 Å². The standard InChI is InChI=1S/C14H18N2O4/c1-20-14(19)12-6-11(17)8-16(12)7-9-2-4-10(5-3-9)13(15)18/h2-5,11-12,17H,6-8H2,1H3,(H2,15,18). The molecule has 1 aromatic rings.